The number of carbonyl (C=O) groups is 3. The highest BCUT2D eigenvalue weighted by molar-refractivity contribution is 6.00. The van der Waals surface area contributed by atoms with E-state index in [2.05, 4.69) is 20.4 Å². The van der Waals surface area contributed by atoms with Gasteiger partial charge in [0.15, 0.2) is 0 Å². The number of hydrogen-bond donors (Lipinski definition) is 3. The second kappa shape index (κ2) is 7.90. The maximum absolute atomic E-state index is 12.2. The average Bonchev–Trinajstić information content (AvgIpc) is 2.99. The Hall–Kier alpha value is -3.03. The van der Waals surface area contributed by atoms with Crippen LogP contribution in [0, 0.1) is 0 Å². The molecule has 1 heterocycles. The first kappa shape index (κ1) is 19.3. The van der Waals surface area contributed by atoms with Gasteiger partial charge in [0.25, 0.3) is 5.91 Å². The number of fused-ring (bicyclic) bond motifs is 1. The van der Waals surface area contributed by atoms with Gasteiger partial charge in [-0.25, -0.2) is 9.59 Å². The number of carbonyl (C=O) groups excluding carboxylic acids is 3. The zero-order chi connectivity index (χ0) is 19.3. The van der Waals surface area contributed by atoms with E-state index in [1.165, 1.54) is 7.11 Å². The highest BCUT2D eigenvalue weighted by atomic mass is 16.6. The van der Waals surface area contributed by atoms with Crippen molar-refractivity contribution in [2.24, 2.45) is 0 Å². The fourth-order valence-corrected chi connectivity index (χ4v) is 2.25. The molecular formula is C18H23N3O5. The zero-order valence-electron chi connectivity index (χ0n) is 15.3. The number of hydrogen-bond acceptors (Lipinski definition) is 5. The molecular weight excluding hydrogens is 338 g/mol. The lowest BCUT2D eigenvalue weighted by atomic mass is 10.1. The van der Waals surface area contributed by atoms with Crippen molar-refractivity contribution in [1.82, 2.24) is 15.6 Å². The smallest absolute Gasteiger partial charge is 0.407 e. The van der Waals surface area contributed by atoms with Gasteiger partial charge in [-0.15, -0.1) is 0 Å². The van der Waals surface area contributed by atoms with E-state index < -0.39 is 17.7 Å². The Kier molecular flexibility index (Phi) is 5.86. The number of methoxy groups -OCH3 is 1. The van der Waals surface area contributed by atoms with Crippen LogP contribution in [0.15, 0.2) is 24.3 Å². The molecule has 0 radical (unpaired) electrons. The second-order valence-electron chi connectivity index (χ2n) is 6.66. The molecule has 0 bridgehead atoms. The van der Waals surface area contributed by atoms with E-state index in [4.69, 9.17) is 4.74 Å². The predicted octanol–water partition coefficient (Wildman–Crippen LogP) is 2.21. The number of alkyl carbamates (subject to hydrolysis) is 1. The molecule has 1 aromatic heterocycles. The molecule has 3 N–H and O–H groups in total. The first-order valence-corrected chi connectivity index (χ1v) is 8.16. The number of benzene rings is 1. The van der Waals surface area contributed by atoms with Crippen molar-refractivity contribution in [3.8, 4) is 0 Å². The monoisotopic (exact) mass is 361 g/mol. The first-order valence-electron chi connectivity index (χ1n) is 8.16. The summed E-state index contributed by atoms with van der Waals surface area (Å²) in [6, 6.07) is 6.64. The van der Waals surface area contributed by atoms with Crippen LogP contribution < -0.4 is 10.6 Å². The molecule has 8 heteroatoms. The maximum Gasteiger partial charge on any atom is 0.407 e. The lowest BCUT2D eigenvalue weighted by Crippen LogP contribution is -2.37. The average molecular weight is 361 g/mol. The van der Waals surface area contributed by atoms with Crippen molar-refractivity contribution >= 4 is 28.9 Å². The van der Waals surface area contributed by atoms with Crippen LogP contribution in [-0.4, -0.2) is 48.8 Å². The summed E-state index contributed by atoms with van der Waals surface area (Å²) in [5.41, 5.74) is 0.933. The summed E-state index contributed by atoms with van der Waals surface area (Å²) < 4.78 is 9.78. The fraction of sp³-hybridized carbons (Fsp3) is 0.389. The van der Waals surface area contributed by atoms with Crippen LogP contribution in [0.4, 0.5) is 4.79 Å². The van der Waals surface area contributed by atoms with E-state index in [0.29, 0.717) is 11.3 Å². The minimum atomic E-state index is -0.569. The van der Waals surface area contributed by atoms with Crippen LogP contribution >= 0.6 is 0 Å². The van der Waals surface area contributed by atoms with Gasteiger partial charge in [0.05, 0.1) is 12.7 Å². The topological polar surface area (TPSA) is 110 Å². The molecule has 0 spiro atoms. The molecule has 0 aliphatic carbocycles. The summed E-state index contributed by atoms with van der Waals surface area (Å²) in [5.74, 6) is -0.751. The predicted molar refractivity (Wildman–Crippen MR) is 96.2 cm³/mol. The molecule has 8 nitrogen and oxygen atoms in total. The molecule has 1 aromatic carbocycles. The van der Waals surface area contributed by atoms with Crippen molar-refractivity contribution in [2.75, 3.05) is 20.2 Å². The van der Waals surface area contributed by atoms with E-state index >= 15 is 0 Å². The standard InChI is InChI=1S/C18H23N3O5/c1-18(2,3)26-17(24)20-8-7-19-15(22)14-10-12-9-11(16(23)25-4)5-6-13(12)21-14/h5-6,9-10,21H,7-8H2,1-4H3,(H,19,22)(H,20,24). The van der Waals surface area contributed by atoms with E-state index in [1.54, 1.807) is 45.0 Å². The van der Waals surface area contributed by atoms with Crippen molar-refractivity contribution in [2.45, 2.75) is 26.4 Å². The van der Waals surface area contributed by atoms with Crippen LogP contribution in [0.2, 0.25) is 0 Å². The van der Waals surface area contributed by atoms with Gasteiger partial charge >= 0.3 is 12.1 Å². The molecule has 2 rings (SSSR count). The van der Waals surface area contributed by atoms with E-state index in [-0.39, 0.29) is 19.0 Å². The molecule has 0 fully saturated rings. The lowest BCUT2D eigenvalue weighted by molar-refractivity contribution is 0.0525. The SMILES string of the molecule is COC(=O)c1ccc2[nH]c(C(=O)NCCNC(=O)OC(C)(C)C)cc2c1. The van der Waals surface area contributed by atoms with Crippen molar-refractivity contribution < 1.29 is 23.9 Å². The summed E-state index contributed by atoms with van der Waals surface area (Å²) >= 11 is 0. The molecule has 0 unspecified atom stereocenters. The van der Waals surface area contributed by atoms with E-state index in [9.17, 15) is 14.4 Å². The van der Waals surface area contributed by atoms with Crippen molar-refractivity contribution in [1.29, 1.82) is 0 Å². The Balaban J connectivity index is 1.89. The summed E-state index contributed by atoms with van der Waals surface area (Å²) in [7, 11) is 1.31. The van der Waals surface area contributed by atoms with Crippen LogP contribution in [0.1, 0.15) is 41.6 Å². The molecule has 0 aliphatic rings. The fourth-order valence-electron chi connectivity index (χ4n) is 2.25. The van der Waals surface area contributed by atoms with Gasteiger partial charge in [0.2, 0.25) is 0 Å². The van der Waals surface area contributed by atoms with E-state index in [1.807, 2.05) is 0 Å². The van der Waals surface area contributed by atoms with Gasteiger partial charge in [-0.3, -0.25) is 4.79 Å². The number of amides is 2. The third-order valence-electron chi connectivity index (χ3n) is 3.37. The molecule has 0 saturated heterocycles. The summed E-state index contributed by atoms with van der Waals surface area (Å²) in [5, 5.41) is 5.98. The third-order valence-corrected chi connectivity index (χ3v) is 3.37. The number of aromatic amines is 1. The van der Waals surface area contributed by atoms with Crippen LogP contribution in [0.25, 0.3) is 10.9 Å². The number of H-pyrrole nitrogens is 1. The van der Waals surface area contributed by atoms with Gasteiger partial charge in [-0.1, -0.05) is 0 Å². The maximum atomic E-state index is 12.2. The molecule has 2 aromatic rings. The molecule has 2 amide bonds. The van der Waals surface area contributed by atoms with Gasteiger partial charge in [-0.05, 0) is 45.0 Å². The quantitative estimate of drug-likeness (QED) is 0.559. The lowest BCUT2D eigenvalue weighted by Gasteiger charge is -2.19. The highest BCUT2D eigenvalue weighted by Gasteiger charge is 2.16. The summed E-state index contributed by atoms with van der Waals surface area (Å²) in [6.45, 7) is 5.82. The van der Waals surface area contributed by atoms with E-state index in [0.717, 1.165) is 10.9 Å². The minimum absolute atomic E-state index is 0.243. The van der Waals surface area contributed by atoms with Crippen LogP contribution in [-0.2, 0) is 9.47 Å². The Morgan fingerprint density at radius 2 is 1.77 bits per heavy atom. The Morgan fingerprint density at radius 1 is 1.08 bits per heavy atom. The number of aromatic nitrogens is 1. The van der Waals surface area contributed by atoms with Gasteiger partial charge in [0.1, 0.15) is 11.3 Å². The zero-order valence-corrected chi connectivity index (χ0v) is 15.3. The number of nitrogens with one attached hydrogen (secondary N) is 3. The Bertz CT molecular complexity index is 820. The Labute approximate surface area is 151 Å². The molecule has 140 valence electrons. The second-order valence-corrected chi connectivity index (χ2v) is 6.66. The van der Waals surface area contributed by atoms with Gasteiger partial charge in [0, 0.05) is 24.0 Å². The Morgan fingerprint density at radius 3 is 2.42 bits per heavy atom. The van der Waals surface area contributed by atoms with Crippen molar-refractivity contribution in [3.63, 3.8) is 0 Å². The molecule has 26 heavy (non-hydrogen) atoms. The molecule has 0 aliphatic heterocycles. The van der Waals surface area contributed by atoms with Gasteiger partial charge < -0.3 is 25.1 Å². The van der Waals surface area contributed by atoms with Crippen LogP contribution in [0.3, 0.4) is 0 Å². The normalized spacial score (nSPS) is 11.1. The first-order chi connectivity index (χ1) is 12.2. The molecule has 0 saturated carbocycles. The minimum Gasteiger partial charge on any atom is -0.465 e. The summed E-state index contributed by atoms with van der Waals surface area (Å²) in [6.07, 6.45) is -0.535. The van der Waals surface area contributed by atoms with Crippen LogP contribution in [0.5, 0.6) is 0 Å². The number of rotatable bonds is 5. The largest absolute Gasteiger partial charge is 0.465 e. The molecule has 0 atom stereocenters. The summed E-state index contributed by atoms with van der Waals surface area (Å²) in [4.78, 5) is 38.2. The highest BCUT2D eigenvalue weighted by Crippen LogP contribution is 2.18. The third kappa shape index (κ3) is 5.23. The number of esters is 1. The van der Waals surface area contributed by atoms with Crippen molar-refractivity contribution in [3.05, 3.63) is 35.5 Å². The van der Waals surface area contributed by atoms with Gasteiger partial charge in [-0.2, -0.15) is 0 Å². The number of ether oxygens (including phenoxy) is 2.